The van der Waals surface area contributed by atoms with E-state index in [1.807, 2.05) is 12.1 Å². The molecule has 0 aromatic heterocycles. The standard InChI is InChI=1S/C14H18N2O3/c1-10(14(18)19)15-13(17)7-9-16-8-6-11-4-2-3-5-12(11)16/h2-5,10H,6-9H2,1H3,(H,15,17)(H,18,19). The number of fused-ring (bicyclic) bond motifs is 1. The van der Waals surface area contributed by atoms with Crippen LogP contribution in [0.5, 0.6) is 0 Å². The first-order valence-electron chi connectivity index (χ1n) is 6.43. The highest BCUT2D eigenvalue weighted by Gasteiger charge is 2.19. The van der Waals surface area contributed by atoms with Crippen LogP contribution in [0.15, 0.2) is 24.3 Å². The predicted molar refractivity (Wildman–Crippen MR) is 72.2 cm³/mol. The van der Waals surface area contributed by atoms with Crippen molar-refractivity contribution in [2.24, 2.45) is 0 Å². The molecule has 0 saturated heterocycles. The molecule has 102 valence electrons. The molecule has 0 spiro atoms. The number of hydrogen-bond acceptors (Lipinski definition) is 3. The third kappa shape index (κ3) is 3.24. The molecule has 1 aromatic carbocycles. The molecule has 0 aliphatic carbocycles. The minimum absolute atomic E-state index is 0.223. The van der Waals surface area contributed by atoms with Gasteiger partial charge in [0.1, 0.15) is 6.04 Å². The summed E-state index contributed by atoms with van der Waals surface area (Å²) in [5.74, 6) is -1.24. The van der Waals surface area contributed by atoms with Crippen molar-refractivity contribution in [3.8, 4) is 0 Å². The molecular weight excluding hydrogens is 244 g/mol. The summed E-state index contributed by atoms with van der Waals surface area (Å²) >= 11 is 0. The lowest BCUT2D eigenvalue weighted by Gasteiger charge is -2.19. The van der Waals surface area contributed by atoms with Crippen LogP contribution in [0.4, 0.5) is 5.69 Å². The van der Waals surface area contributed by atoms with E-state index in [-0.39, 0.29) is 5.91 Å². The number of aliphatic carboxylic acids is 1. The maximum atomic E-state index is 11.6. The summed E-state index contributed by atoms with van der Waals surface area (Å²) in [4.78, 5) is 24.4. The summed E-state index contributed by atoms with van der Waals surface area (Å²) in [6.45, 7) is 3.00. The average molecular weight is 262 g/mol. The van der Waals surface area contributed by atoms with E-state index in [0.29, 0.717) is 13.0 Å². The minimum atomic E-state index is -1.01. The van der Waals surface area contributed by atoms with Crippen LogP contribution in [0, 0.1) is 0 Å². The molecule has 1 aliphatic heterocycles. The lowest BCUT2D eigenvalue weighted by Crippen LogP contribution is -2.39. The van der Waals surface area contributed by atoms with Crippen LogP contribution in [-0.4, -0.2) is 36.1 Å². The van der Waals surface area contributed by atoms with Gasteiger partial charge in [-0.2, -0.15) is 0 Å². The second-order valence-corrected chi connectivity index (χ2v) is 4.74. The Bertz CT molecular complexity index is 487. The summed E-state index contributed by atoms with van der Waals surface area (Å²) in [6, 6.07) is 7.33. The van der Waals surface area contributed by atoms with Crippen LogP contribution >= 0.6 is 0 Å². The Morgan fingerprint density at radius 1 is 1.42 bits per heavy atom. The zero-order valence-corrected chi connectivity index (χ0v) is 10.9. The van der Waals surface area contributed by atoms with Gasteiger partial charge in [0.25, 0.3) is 0 Å². The Balaban J connectivity index is 1.84. The third-order valence-corrected chi connectivity index (χ3v) is 3.34. The molecule has 1 aromatic rings. The van der Waals surface area contributed by atoms with Gasteiger partial charge in [-0.25, -0.2) is 0 Å². The molecule has 1 amide bonds. The van der Waals surface area contributed by atoms with Gasteiger partial charge >= 0.3 is 5.97 Å². The molecule has 5 nitrogen and oxygen atoms in total. The van der Waals surface area contributed by atoms with Crippen molar-refractivity contribution in [3.63, 3.8) is 0 Å². The van der Waals surface area contributed by atoms with Crippen LogP contribution in [0.3, 0.4) is 0 Å². The number of nitrogens with zero attached hydrogens (tertiary/aromatic N) is 1. The fourth-order valence-corrected chi connectivity index (χ4v) is 2.25. The normalized spacial score (nSPS) is 14.9. The highest BCUT2D eigenvalue weighted by Crippen LogP contribution is 2.27. The highest BCUT2D eigenvalue weighted by atomic mass is 16.4. The number of carbonyl (C=O) groups is 2. The van der Waals surface area contributed by atoms with Gasteiger partial charge < -0.3 is 15.3 Å². The Kier molecular flexibility index (Phi) is 4.04. The summed E-state index contributed by atoms with van der Waals surface area (Å²) in [7, 11) is 0. The second kappa shape index (κ2) is 5.73. The number of anilines is 1. The molecule has 5 heteroatoms. The fraction of sp³-hybridized carbons (Fsp3) is 0.429. The number of amides is 1. The number of hydrogen-bond donors (Lipinski definition) is 2. The van der Waals surface area contributed by atoms with Crippen molar-refractivity contribution in [1.82, 2.24) is 5.32 Å². The maximum Gasteiger partial charge on any atom is 0.325 e. The zero-order valence-electron chi connectivity index (χ0n) is 10.9. The highest BCUT2D eigenvalue weighted by molar-refractivity contribution is 5.83. The van der Waals surface area contributed by atoms with Crippen molar-refractivity contribution in [2.75, 3.05) is 18.0 Å². The van der Waals surface area contributed by atoms with E-state index in [0.717, 1.165) is 13.0 Å². The molecule has 0 radical (unpaired) electrons. The topological polar surface area (TPSA) is 69.6 Å². The number of carboxylic acids is 1. The van der Waals surface area contributed by atoms with Gasteiger partial charge in [0.2, 0.25) is 5.91 Å². The van der Waals surface area contributed by atoms with E-state index in [1.165, 1.54) is 18.2 Å². The number of para-hydroxylation sites is 1. The van der Waals surface area contributed by atoms with Gasteiger partial charge in [0.15, 0.2) is 0 Å². The van der Waals surface area contributed by atoms with E-state index >= 15 is 0 Å². The summed E-state index contributed by atoms with van der Waals surface area (Å²) in [5.41, 5.74) is 2.49. The van der Waals surface area contributed by atoms with Gasteiger partial charge in [0, 0.05) is 25.2 Å². The number of carboxylic acid groups (broad SMARTS) is 1. The third-order valence-electron chi connectivity index (χ3n) is 3.34. The van der Waals surface area contributed by atoms with Gasteiger partial charge in [-0.3, -0.25) is 9.59 Å². The van der Waals surface area contributed by atoms with Crippen molar-refractivity contribution in [3.05, 3.63) is 29.8 Å². The molecule has 1 aliphatic rings. The van der Waals surface area contributed by atoms with Gasteiger partial charge in [-0.1, -0.05) is 18.2 Å². The zero-order chi connectivity index (χ0) is 13.8. The molecule has 0 bridgehead atoms. The molecule has 2 N–H and O–H groups in total. The quantitative estimate of drug-likeness (QED) is 0.831. The Hall–Kier alpha value is -2.04. The average Bonchev–Trinajstić information content (AvgIpc) is 2.79. The molecule has 0 fully saturated rings. The molecule has 19 heavy (non-hydrogen) atoms. The summed E-state index contributed by atoms with van der Waals surface area (Å²) in [6.07, 6.45) is 1.31. The van der Waals surface area contributed by atoms with Crippen LogP contribution in [0.2, 0.25) is 0 Å². The van der Waals surface area contributed by atoms with Crippen molar-refractivity contribution >= 4 is 17.6 Å². The first-order chi connectivity index (χ1) is 9.08. The number of nitrogens with one attached hydrogen (secondary N) is 1. The van der Waals surface area contributed by atoms with Crippen LogP contribution in [0.25, 0.3) is 0 Å². The largest absolute Gasteiger partial charge is 0.480 e. The second-order valence-electron chi connectivity index (χ2n) is 4.74. The van der Waals surface area contributed by atoms with Gasteiger partial charge in [0.05, 0.1) is 0 Å². The smallest absolute Gasteiger partial charge is 0.325 e. The van der Waals surface area contributed by atoms with Crippen molar-refractivity contribution in [1.29, 1.82) is 0 Å². The Labute approximate surface area is 112 Å². The summed E-state index contributed by atoms with van der Waals surface area (Å²) in [5, 5.41) is 11.2. The number of rotatable bonds is 5. The van der Waals surface area contributed by atoms with E-state index in [2.05, 4.69) is 22.3 Å². The van der Waals surface area contributed by atoms with Crippen molar-refractivity contribution < 1.29 is 14.7 Å². The SMILES string of the molecule is CC(NC(=O)CCN1CCc2ccccc21)C(=O)O. The Morgan fingerprint density at radius 2 is 2.16 bits per heavy atom. The number of benzene rings is 1. The van der Waals surface area contributed by atoms with Crippen LogP contribution in [-0.2, 0) is 16.0 Å². The van der Waals surface area contributed by atoms with E-state index in [9.17, 15) is 9.59 Å². The van der Waals surface area contributed by atoms with E-state index in [1.54, 1.807) is 0 Å². The first kappa shape index (κ1) is 13.4. The minimum Gasteiger partial charge on any atom is -0.480 e. The molecule has 1 heterocycles. The Morgan fingerprint density at radius 3 is 2.89 bits per heavy atom. The monoisotopic (exact) mass is 262 g/mol. The van der Waals surface area contributed by atoms with Crippen LogP contribution < -0.4 is 10.2 Å². The maximum absolute atomic E-state index is 11.6. The predicted octanol–water partition coefficient (Wildman–Crippen LogP) is 1.03. The molecule has 1 unspecified atom stereocenters. The fourth-order valence-electron chi connectivity index (χ4n) is 2.25. The lowest BCUT2D eigenvalue weighted by molar-refractivity contribution is -0.141. The number of carbonyl (C=O) groups excluding carboxylic acids is 1. The van der Waals surface area contributed by atoms with Crippen LogP contribution in [0.1, 0.15) is 18.9 Å². The van der Waals surface area contributed by atoms with E-state index in [4.69, 9.17) is 5.11 Å². The molecule has 0 saturated carbocycles. The van der Waals surface area contributed by atoms with Gasteiger partial charge in [-0.15, -0.1) is 0 Å². The first-order valence-corrected chi connectivity index (χ1v) is 6.43. The van der Waals surface area contributed by atoms with E-state index < -0.39 is 12.0 Å². The molecule has 2 rings (SSSR count). The van der Waals surface area contributed by atoms with Gasteiger partial charge in [-0.05, 0) is 25.0 Å². The lowest BCUT2D eigenvalue weighted by atomic mass is 10.2. The molecular formula is C14H18N2O3. The molecule has 1 atom stereocenters. The van der Waals surface area contributed by atoms with Crippen molar-refractivity contribution in [2.45, 2.75) is 25.8 Å². The summed E-state index contributed by atoms with van der Waals surface area (Å²) < 4.78 is 0.